The maximum absolute atomic E-state index is 9.68. The van der Waals surface area contributed by atoms with Crippen molar-refractivity contribution in [3.05, 3.63) is 24.3 Å². The van der Waals surface area contributed by atoms with Gasteiger partial charge in [0.15, 0.2) is 5.65 Å². The number of fused-ring (bicyclic) bond motifs is 3. The van der Waals surface area contributed by atoms with E-state index in [4.69, 9.17) is 5.11 Å². The van der Waals surface area contributed by atoms with Crippen molar-refractivity contribution >= 4 is 34.2 Å². The summed E-state index contributed by atoms with van der Waals surface area (Å²) < 4.78 is 2.00. The standard InChI is InChI=1S/C16H20N6O4/c1-2-22-10-6-4-3-5-9(10)13-15(22)18-16(21-19-13)20-17-7-11(24)14(26)12(25)8-23/h3-7,11-12,14,23-26H,2,8H2,1H3,(H,18,20,21)/b17-7+/t11-,12+,14-/m0/s1. The number of aromatic nitrogens is 4. The van der Waals surface area contributed by atoms with Crippen LogP contribution in [0.5, 0.6) is 0 Å². The van der Waals surface area contributed by atoms with Gasteiger partial charge in [-0.1, -0.05) is 18.2 Å². The molecule has 0 aliphatic carbocycles. The van der Waals surface area contributed by atoms with Gasteiger partial charge in [0, 0.05) is 11.9 Å². The fourth-order valence-electron chi connectivity index (χ4n) is 2.67. The zero-order chi connectivity index (χ0) is 18.7. The zero-order valence-corrected chi connectivity index (χ0v) is 14.1. The van der Waals surface area contributed by atoms with E-state index in [0.29, 0.717) is 17.7 Å². The zero-order valence-electron chi connectivity index (χ0n) is 14.1. The van der Waals surface area contributed by atoms with Crippen molar-refractivity contribution < 1.29 is 20.4 Å². The summed E-state index contributed by atoms with van der Waals surface area (Å²) in [7, 11) is 0. The third kappa shape index (κ3) is 3.35. The highest BCUT2D eigenvalue weighted by Gasteiger charge is 2.22. The number of aliphatic hydroxyl groups is 4. The minimum Gasteiger partial charge on any atom is -0.394 e. The van der Waals surface area contributed by atoms with Crippen LogP contribution in [0.1, 0.15) is 6.92 Å². The van der Waals surface area contributed by atoms with Crippen LogP contribution in [0, 0.1) is 0 Å². The van der Waals surface area contributed by atoms with Gasteiger partial charge in [-0.3, -0.25) is 0 Å². The van der Waals surface area contributed by atoms with Crippen LogP contribution in [0.25, 0.3) is 22.1 Å². The summed E-state index contributed by atoms with van der Waals surface area (Å²) in [6, 6.07) is 7.80. The van der Waals surface area contributed by atoms with E-state index in [1.807, 2.05) is 35.8 Å². The lowest BCUT2D eigenvalue weighted by molar-refractivity contribution is -0.0541. The Kier molecular flexibility index (Phi) is 5.38. The van der Waals surface area contributed by atoms with E-state index in [1.165, 1.54) is 0 Å². The van der Waals surface area contributed by atoms with Gasteiger partial charge >= 0.3 is 0 Å². The first kappa shape index (κ1) is 18.1. The molecule has 5 N–H and O–H groups in total. The van der Waals surface area contributed by atoms with Gasteiger partial charge < -0.3 is 25.0 Å². The number of anilines is 1. The number of benzene rings is 1. The molecule has 0 saturated heterocycles. The van der Waals surface area contributed by atoms with E-state index in [1.54, 1.807) is 0 Å². The number of aliphatic hydroxyl groups excluding tert-OH is 4. The maximum Gasteiger partial charge on any atom is 0.265 e. The Morgan fingerprint density at radius 1 is 1.23 bits per heavy atom. The number of aryl methyl sites for hydroxylation is 1. The highest BCUT2D eigenvalue weighted by Crippen LogP contribution is 2.25. The fourth-order valence-corrected chi connectivity index (χ4v) is 2.67. The van der Waals surface area contributed by atoms with Crippen molar-refractivity contribution in [2.24, 2.45) is 5.10 Å². The first-order chi connectivity index (χ1) is 12.6. The Balaban J connectivity index is 1.83. The lowest BCUT2D eigenvalue weighted by atomic mass is 10.1. The predicted octanol–water partition coefficient (Wildman–Crippen LogP) is -0.528. The summed E-state index contributed by atoms with van der Waals surface area (Å²) in [5, 5.41) is 50.1. The maximum atomic E-state index is 9.68. The van der Waals surface area contributed by atoms with Crippen LogP contribution in [-0.2, 0) is 6.54 Å². The number of hydrogen-bond donors (Lipinski definition) is 5. The molecule has 0 bridgehead atoms. The molecule has 2 aromatic heterocycles. The van der Waals surface area contributed by atoms with Gasteiger partial charge in [0.05, 0.1) is 18.3 Å². The van der Waals surface area contributed by atoms with Gasteiger partial charge in [-0.15, -0.1) is 10.2 Å². The molecule has 0 radical (unpaired) electrons. The van der Waals surface area contributed by atoms with Gasteiger partial charge in [0.2, 0.25) is 0 Å². The smallest absolute Gasteiger partial charge is 0.265 e. The Bertz CT molecular complexity index is 928. The molecular formula is C16H20N6O4. The van der Waals surface area contributed by atoms with Crippen molar-refractivity contribution in [3.8, 4) is 0 Å². The molecule has 3 aromatic rings. The lowest BCUT2D eigenvalue weighted by Crippen LogP contribution is -2.40. The Hall–Kier alpha value is -2.66. The van der Waals surface area contributed by atoms with Crippen LogP contribution >= 0.6 is 0 Å². The highest BCUT2D eigenvalue weighted by atomic mass is 16.4. The van der Waals surface area contributed by atoms with E-state index >= 15 is 0 Å². The van der Waals surface area contributed by atoms with Crippen molar-refractivity contribution in [2.45, 2.75) is 31.8 Å². The molecule has 0 fully saturated rings. The monoisotopic (exact) mass is 360 g/mol. The summed E-state index contributed by atoms with van der Waals surface area (Å²) in [6.45, 7) is 2.03. The molecule has 10 heteroatoms. The number of rotatable bonds is 7. The average molecular weight is 360 g/mol. The Morgan fingerprint density at radius 2 is 2.00 bits per heavy atom. The van der Waals surface area contributed by atoms with Crippen molar-refractivity contribution in [2.75, 3.05) is 12.0 Å². The van der Waals surface area contributed by atoms with Gasteiger partial charge in [-0.05, 0) is 13.0 Å². The van der Waals surface area contributed by atoms with Gasteiger partial charge in [-0.25, -0.2) is 5.43 Å². The lowest BCUT2D eigenvalue weighted by Gasteiger charge is -2.17. The minimum atomic E-state index is -1.56. The number of hydrazone groups is 1. The molecule has 10 nitrogen and oxygen atoms in total. The second kappa shape index (κ2) is 7.70. The van der Waals surface area contributed by atoms with Gasteiger partial charge in [-0.2, -0.15) is 10.1 Å². The van der Waals surface area contributed by atoms with Crippen molar-refractivity contribution in [1.29, 1.82) is 0 Å². The van der Waals surface area contributed by atoms with Crippen LogP contribution in [0.4, 0.5) is 5.95 Å². The number of nitrogens with one attached hydrogen (secondary N) is 1. The molecule has 0 amide bonds. The second-order valence-corrected chi connectivity index (χ2v) is 5.69. The summed E-state index contributed by atoms with van der Waals surface area (Å²) in [5.74, 6) is 0.121. The number of hydrogen-bond acceptors (Lipinski definition) is 9. The molecule has 26 heavy (non-hydrogen) atoms. The highest BCUT2D eigenvalue weighted by molar-refractivity contribution is 6.04. The second-order valence-electron chi connectivity index (χ2n) is 5.69. The van der Waals surface area contributed by atoms with Crippen molar-refractivity contribution in [1.82, 2.24) is 19.7 Å². The summed E-state index contributed by atoms with van der Waals surface area (Å²) in [5.41, 5.74) is 4.86. The summed E-state index contributed by atoms with van der Waals surface area (Å²) in [4.78, 5) is 4.41. The van der Waals surface area contributed by atoms with E-state index in [2.05, 4.69) is 25.7 Å². The molecule has 0 spiro atoms. The van der Waals surface area contributed by atoms with Crippen LogP contribution in [0.15, 0.2) is 29.4 Å². The van der Waals surface area contributed by atoms with Crippen LogP contribution < -0.4 is 5.43 Å². The first-order valence-corrected chi connectivity index (χ1v) is 8.12. The topological polar surface area (TPSA) is 149 Å². The quantitative estimate of drug-likeness (QED) is 0.279. The third-order valence-electron chi connectivity index (χ3n) is 4.01. The molecule has 0 aliphatic heterocycles. The van der Waals surface area contributed by atoms with Crippen LogP contribution in [0.3, 0.4) is 0 Å². The van der Waals surface area contributed by atoms with Gasteiger partial charge in [0.25, 0.3) is 5.95 Å². The Morgan fingerprint density at radius 3 is 2.73 bits per heavy atom. The molecule has 3 atom stereocenters. The number of nitrogens with zero attached hydrogens (tertiary/aromatic N) is 5. The molecule has 2 heterocycles. The van der Waals surface area contributed by atoms with E-state index < -0.39 is 24.9 Å². The molecule has 138 valence electrons. The molecule has 1 aromatic carbocycles. The molecule has 3 rings (SSSR count). The van der Waals surface area contributed by atoms with Crippen molar-refractivity contribution in [3.63, 3.8) is 0 Å². The van der Waals surface area contributed by atoms with E-state index in [9.17, 15) is 15.3 Å². The predicted molar refractivity (Wildman–Crippen MR) is 95.7 cm³/mol. The van der Waals surface area contributed by atoms with Crippen LogP contribution in [0.2, 0.25) is 0 Å². The fraction of sp³-hybridized carbons (Fsp3) is 0.375. The Labute approximate surface area is 148 Å². The largest absolute Gasteiger partial charge is 0.394 e. The van der Waals surface area contributed by atoms with Gasteiger partial charge in [0.1, 0.15) is 23.8 Å². The third-order valence-corrected chi connectivity index (χ3v) is 4.01. The summed E-state index contributed by atoms with van der Waals surface area (Å²) >= 11 is 0. The molecule has 0 saturated carbocycles. The number of para-hydroxylation sites is 1. The van der Waals surface area contributed by atoms with E-state index in [0.717, 1.165) is 17.1 Å². The average Bonchev–Trinajstić information content (AvgIpc) is 2.99. The molecule has 0 aliphatic rings. The first-order valence-electron chi connectivity index (χ1n) is 8.12. The summed E-state index contributed by atoms with van der Waals surface area (Å²) in [6.07, 6.45) is -3.52. The van der Waals surface area contributed by atoms with E-state index in [-0.39, 0.29) is 5.95 Å². The molecule has 0 unspecified atom stereocenters. The van der Waals surface area contributed by atoms with Crippen LogP contribution in [-0.4, -0.2) is 71.3 Å². The normalized spacial score (nSPS) is 15.6. The molecular weight excluding hydrogens is 340 g/mol. The SMILES string of the molecule is CCn1c2ccccc2c2nnc(N/N=C/[C@H](O)[C@H](O)[C@H](O)CO)nc21. The minimum absolute atomic E-state index is 0.121.